The van der Waals surface area contributed by atoms with Crippen LogP contribution >= 0.6 is 0 Å². The van der Waals surface area contributed by atoms with Crippen LogP contribution < -0.4 is 11.1 Å². The normalized spacial score (nSPS) is 37.2. The van der Waals surface area contributed by atoms with E-state index in [9.17, 15) is 0 Å². The van der Waals surface area contributed by atoms with Crippen LogP contribution in [0.15, 0.2) is 0 Å². The summed E-state index contributed by atoms with van der Waals surface area (Å²) in [4.78, 5) is 0. The van der Waals surface area contributed by atoms with Crippen molar-refractivity contribution in [3.05, 3.63) is 0 Å². The molecular formula is C14H28N2O. The average Bonchev–Trinajstić information content (AvgIpc) is 2.69. The first-order valence-electron chi connectivity index (χ1n) is 7.17. The third kappa shape index (κ3) is 2.83. The van der Waals surface area contributed by atoms with Crippen LogP contribution in [0, 0.1) is 5.41 Å². The van der Waals surface area contributed by atoms with E-state index in [1.165, 1.54) is 32.1 Å². The summed E-state index contributed by atoms with van der Waals surface area (Å²) in [7, 11) is 0. The lowest BCUT2D eigenvalue weighted by Crippen LogP contribution is -2.53. The number of hydrogen-bond acceptors (Lipinski definition) is 3. The molecular weight excluding hydrogens is 212 g/mol. The zero-order valence-corrected chi connectivity index (χ0v) is 11.4. The van der Waals surface area contributed by atoms with Gasteiger partial charge in [-0.1, -0.05) is 19.3 Å². The second kappa shape index (κ2) is 5.25. The Balaban J connectivity index is 1.91. The fourth-order valence-electron chi connectivity index (χ4n) is 3.21. The van der Waals surface area contributed by atoms with Crippen molar-refractivity contribution in [2.24, 2.45) is 11.1 Å². The fraction of sp³-hybridized carbons (Fsp3) is 1.00. The summed E-state index contributed by atoms with van der Waals surface area (Å²) in [6, 6.07) is 0. The van der Waals surface area contributed by atoms with Gasteiger partial charge in [-0.25, -0.2) is 0 Å². The van der Waals surface area contributed by atoms with Crippen LogP contribution in [0.4, 0.5) is 0 Å². The van der Waals surface area contributed by atoms with E-state index < -0.39 is 0 Å². The van der Waals surface area contributed by atoms with Gasteiger partial charge in [-0.05, 0) is 45.1 Å². The predicted octanol–water partition coefficient (Wildman–Crippen LogP) is 2.05. The molecule has 2 unspecified atom stereocenters. The largest absolute Gasteiger partial charge is 0.377 e. The molecule has 0 bridgehead atoms. The highest BCUT2D eigenvalue weighted by Gasteiger charge is 2.39. The number of nitrogens with two attached hydrogens (primary N) is 1. The Kier molecular flexibility index (Phi) is 4.11. The summed E-state index contributed by atoms with van der Waals surface area (Å²) in [6.07, 6.45) is 8.11. The fourth-order valence-corrected chi connectivity index (χ4v) is 3.21. The van der Waals surface area contributed by atoms with Gasteiger partial charge < -0.3 is 15.8 Å². The first-order valence-corrected chi connectivity index (χ1v) is 7.17. The SMILES string of the molecule is CC1OCCC1(C)NCC1(CN)CCCCC1. The molecule has 1 saturated heterocycles. The monoisotopic (exact) mass is 240 g/mol. The molecule has 2 atom stereocenters. The zero-order chi connectivity index (χ0) is 12.4. The van der Waals surface area contributed by atoms with Crippen molar-refractivity contribution in [1.82, 2.24) is 5.32 Å². The quantitative estimate of drug-likeness (QED) is 0.790. The molecule has 0 aromatic carbocycles. The van der Waals surface area contributed by atoms with Crippen molar-refractivity contribution in [2.75, 3.05) is 19.7 Å². The summed E-state index contributed by atoms with van der Waals surface area (Å²) in [5.74, 6) is 0. The number of ether oxygens (including phenoxy) is 1. The molecule has 0 amide bonds. The topological polar surface area (TPSA) is 47.3 Å². The highest BCUT2D eigenvalue weighted by atomic mass is 16.5. The van der Waals surface area contributed by atoms with E-state index in [0.29, 0.717) is 11.5 Å². The van der Waals surface area contributed by atoms with Crippen LogP contribution in [-0.4, -0.2) is 31.3 Å². The highest BCUT2D eigenvalue weighted by Crippen LogP contribution is 2.36. The van der Waals surface area contributed by atoms with Crippen LogP contribution in [-0.2, 0) is 4.74 Å². The van der Waals surface area contributed by atoms with Gasteiger partial charge in [0.05, 0.1) is 6.10 Å². The molecule has 0 spiro atoms. The summed E-state index contributed by atoms with van der Waals surface area (Å²) >= 11 is 0. The van der Waals surface area contributed by atoms with E-state index in [4.69, 9.17) is 10.5 Å². The summed E-state index contributed by atoms with van der Waals surface area (Å²) in [5.41, 5.74) is 6.53. The molecule has 0 aromatic heterocycles. The van der Waals surface area contributed by atoms with Crippen molar-refractivity contribution < 1.29 is 4.74 Å². The van der Waals surface area contributed by atoms with Gasteiger partial charge in [-0.2, -0.15) is 0 Å². The van der Waals surface area contributed by atoms with Crippen molar-refractivity contribution in [3.63, 3.8) is 0 Å². The van der Waals surface area contributed by atoms with Gasteiger partial charge in [-0.15, -0.1) is 0 Å². The van der Waals surface area contributed by atoms with Gasteiger partial charge in [-0.3, -0.25) is 0 Å². The number of rotatable bonds is 4. The molecule has 3 heteroatoms. The molecule has 2 rings (SSSR count). The predicted molar refractivity (Wildman–Crippen MR) is 71.0 cm³/mol. The zero-order valence-electron chi connectivity index (χ0n) is 11.4. The molecule has 100 valence electrons. The lowest BCUT2D eigenvalue weighted by atomic mass is 9.73. The van der Waals surface area contributed by atoms with E-state index in [1.54, 1.807) is 0 Å². The van der Waals surface area contributed by atoms with Crippen LogP contribution in [0.25, 0.3) is 0 Å². The third-order valence-corrected chi connectivity index (χ3v) is 5.10. The molecule has 17 heavy (non-hydrogen) atoms. The van der Waals surface area contributed by atoms with E-state index in [2.05, 4.69) is 19.2 Å². The average molecular weight is 240 g/mol. The molecule has 0 aromatic rings. The molecule has 1 heterocycles. The highest BCUT2D eigenvalue weighted by molar-refractivity contribution is 4.96. The molecule has 3 nitrogen and oxygen atoms in total. The van der Waals surface area contributed by atoms with Crippen LogP contribution in [0.1, 0.15) is 52.4 Å². The lowest BCUT2D eigenvalue weighted by molar-refractivity contribution is 0.0788. The molecule has 1 aliphatic carbocycles. The van der Waals surface area contributed by atoms with E-state index in [0.717, 1.165) is 26.1 Å². The molecule has 2 fully saturated rings. The molecule has 3 N–H and O–H groups in total. The van der Waals surface area contributed by atoms with Crippen molar-refractivity contribution in [2.45, 2.75) is 64.0 Å². The van der Waals surface area contributed by atoms with E-state index in [-0.39, 0.29) is 5.54 Å². The third-order valence-electron chi connectivity index (χ3n) is 5.10. The Morgan fingerprint density at radius 3 is 2.47 bits per heavy atom. The van der Waals surface area contributed by atoms with Gasteiger partial charge in [0.1, 0.15) is 0 Å². The minimum atomic E-state index is 0.152. The first kappa shape index (κ1) is 13.3. The summed E-state index contributed by atoms with van der Waals surface area (Å²) < 4.78 is 5.68. The maximum atomic E-state index is 6.03. The number of hydrogen-bond donors (Lipinski definition) is 2. The molecule has 1 aliphatic heterocycles. The van der Waals surface area contributed by atoms with Gasteiger partial charge in [0.15, 0.2) is 0 Å². The molecule has 2 aliphatic rings. The van der Waals surface area contributed by atoms with Crippen LogP contribution in [0.3, 0.4) is 0 Å². The Morgan fingerprint density at radius 1 is 1.24 bits per heavy atom. The first-order chi connectivity index (χ1) is 8.10. The van der Waals surface area contributed by atoms with E-state index in [1.807, 2.05) is 0 Å². The maximum absolute atomic E-state index is 6.03. The smallest absolute Gasteiger partial charge is 0.0726 e. The minimum Gasteiger partial charge on any atom is -0.377 e. The Bertz CT molecular complexity index is 251. The van der Waals surface area contributed by atoms with Crippen molar-refractivity contribution >= 4 is 0 Å². The van der Waals surface area contributed by atoms with Gasteiger partial charge >= 0.3 is 0 Å². The summed E-state index contributed by atoms with van der Waals surface area (Å²) in [5, 5.41) is 3.76. The van der Waals surface area contributed by atoms with Gasteiger partial charge in [0.25, 0.3) is 0 Å². The van der Waals surface area contributed by atoms with Crippen molar-refractivity contribution in [3.8, 4) is 0 Å². The van der Waals surface area contributed by atoms with Gasteiger partial charge in [0.2, 0.25) is 0 Å². The molecule has 0 radical (unpaired) electrons. The van der Waals surface area contributed by atoms with Gasteiger partial charge in [0, 0.05) is 18.7 Å². The second-order valence-corrected chi connectivity index (χ2v) is 6.30. The Labute approximate surface area is 105 Å². The van der Waals surface area contributed by atoms with Crippen molar-refractivity contribution in [1.29, 1.82) is 0 Å². The van der Waals surface area contributed by atoms with Crippen LogP contribution in [0.5, 0.6) is 0 Å². The standard InChI is InChI=1S/C14H28N2O/c1-12-13(2,8-9-17-12)16-11-14(10-15)6-4-3-5-7-14/h12,16H,3-11,15H2,1-2H3. The minimum absolute atomic E-state index is 0.152. The maximum Gasteiger partial charge on any atom is 0.0726 e. The van der Waals surface area contributed by atoms with Crippen LogP contribution in [0.2, 0.25) is 0 Å². The Hall–Kier alpha value is -0.120. The lowest BCUT2D eigenvalue weighted by Gasteiger charge is -2.40. The van der Waals surface area contributed by atoms with E-state index >= 15 is 0 Å². The Morgan fingerprint density at radius 2 is 1.94 bits per heavy atom. The molecule has 1 saturated carbocycles. The second-order valence-electron chi connectivity index (χ2n) is 6.30. The summed E-state index contributed by atoms with van der Waals surface area (Å²) in [6.45, 7) is 7.24. The number of nitrogens with one attached hydrogen (secondary N) is 1.